The van der Waals surface area contributed by atoms with Gasteiger partial charge in [0.15, 0.2) is 0 Å². The molecule has 7 nitrogen and oxygen atoms in total. The molecule has 1 aromatic rings. The lowest BCUT2D eigenvalue weighted by Crippen LogP contribution is -2.61. The number of hydrogen-bond donors (Lipinski definition) is 1. The van der Waals surface area contributed by atoms with Crippen molar-refractivity contribution in [3.05, 3.63) is 12.7 Å². The molecule has 1 N–H and O–H groups in total. The van der Waals surface area contributed by atoms with Crippen LogP contribution in [0.5, 0.6) is 0 Å². The van der Waals surface area contributed by atoms with Crippen molar-refractivity contribution in [2.24, 2.45) is 17.3 Å². The van der Waals surface area contributed by atoms with Crippen molar-refractivity contribution in [1.82, 2.24) is 14.9 Å². The molecule has 22 heavy (non-hydrogen) atoms. The fraction of sp³-hybridized carbons (Fsp3) is 0.733. The molecule has 0 radical (unpaired) electrons. The van der Waals surface area contributed by atoms with Gasteiger partial charge < -0.3 is 4.74 Å². The fourth-order valence-corrected chi connectivity index (χ4v) is 5.36. The Bertz CT molecular complexity index is 598. The summed E-state index contributed by atoms with van der Waals surface area (Å²) in [4.78, 5) is 24.4. The maximum Gasteiger partial charge on any atom is 0.303 e. The summed E-state index contributed by atoms with van der Waals surface area (Å²) in [6.07, 6.45) is 8.34. The van der Waals surface area contributed by atoms with Gasteiger partial charge in [-0.05, 0) is 43.9 Å². The van der Waals surface area contributed by atoms with Gasteiger partial charge >= 0.3 is 5.97 Å². The highest BCUT2D eigenvalue weighted by molar-refractivity contribution is 5.90. The van der Waals surface area contributed by atoms with E-state index < -0.39 is 11.0 Å². The highest BCUT2D eigenvalue weighted by Crippen LogP contribution is 2.62. The minimum absolute atomic E-state index is 0.00192. The number of hydrogen-bond acceptors (Lipinski definition) is 5. The molecule has 118 valence electrons. The highest BCUT2D eigenvalue weighted by atomic mass is 16.6. The fourth-order valence-electron chi connectivity index (χ4n) is 5.36. The molecule has 0 saturated heterocycles. The lowest BCUT2D eigenvalue weighted by Gasteiger charge is -2.60. The van der Waals surface area contributed by atoms with E-state index in [1.54, 1.807) is 0 Å². The van der Waals surface area contributed by atoms with Crippen LogP contribution in [-0.2, 0) is 14.3 Å². The molecule has 2 atom stereocenters. The highest BCUT2D eigenvalue weighted by Gasteiger charge is 2.62. The normalized spacial score (nSPS) is 38.8. The van der Waals surface area contributed by atoms with Crippen molar-refractivity contribution in [3.8, 4) is 0 Å². The second-order valence-corrected chi connectivity index (χ2v) is 7.33. The third-order valence-corrected chi connectivity index (χ3v) is 5.50. The van der Waals surface area contributed by atoms with Crippen LogP contribution in [0.25, 0.3) is 0 Å². The monoisotopic (exact) mass is 304 g/mol. The molecule has 7 heteroatoms. The molecule has 4 aliphatic carbocycles. The third kappa shape index (κ3) is 2.10. The van der Waals surface area contributed by atoms with Gasteiger partial charge in [0.2, 0.25) is 5.91 Å². The SMILES string of the molecule is CC(=O)OC12C[C@H]3C[C@H](C1)CC(C(=O)Nn1cnnc1)(C3)C2. The predicted octanol–water partition coefficient (Wildman–Crippen LogP) is 1.25. The molecule has 1 amide bonds. The van der Waals surface area contributed by atoms with Crippen molar-refractivity contribution < 1.29 is 14.3 Å². The number of ether oxygens (including phenoxy) is 1. The zero-order valence-electron chi connectivity index (χ0n) is 12.6. The van der Waals surface area contributed by atoms with Crippen LogP contribution in [0.2, 0.25) is 0 Å². The Balaban J connectivity index is 1.61. The van der Waals surface area contributed by atoms with Crippen molar-refractivity contribution in [3.63, 3.8) is 0 Å². The standard InChI is InChI=1S/C15H20N4O3/c1-10(20)22-15-5-11-2-12(6-15)4-14(3-11,7-15)13(21)18-19-8-16-17-9-19/h8-9,11-12H,2-7H2,1H3,(H,18,21)/t11-,12-,14?,15?/m0/s1. The first-order valence-corrected chi connectivity index (χ1v) is 7.84. The van der Waals surface area contributed by atoms with E-state index in [2.05, 4.69) is 15.6 Å². The number of carbonyl (C=O) groups excluding carboxylic acids is 2. The molecule has 4 aliphatic rings. The second kappa shape index (κ2) is 4.54. The second-order valence-electron chi connectivity index (χ2n) is 7.33. The zero-order valence-corrected chi connectivity index (χ0v) is 12.6. The van der Waals surface area contributed by atoms with E-state index in [-0.39, 0.29) is 11.9 Å². The van der Waals surface area contributed by atoms with E-state index in [4.69, 9.17) is 4.74 Å². The van der Waals surface area contributed by atoms with Crippen molar-refractivity contribution >= 4 is 11.9 Å². The van der Waals surface area contributed by atoms with Crippen LogP contribution in [0.1, 0.15) is 45.4 Å². The molecule has 0 aliphatic heterocycles. The van der Waals surface area contributed by atoms with Gasteiger partial charge in [-0.1, -0.05) is 0 Å². The number of nitrogens with one attached hydrogen (secondary N) is 1. The van der Waals surface area contributed by atoms with Crippen molar-refractivity contribution in [2.45, 2.75) is 51.0 Å². The Morgan fingerprint density at radius 3 is 2.41 bits per heavy atom. The smallest absolute Gasteiger partial charge is 0.303 e. The summed E-state index contributed by atoms with van der Waals surface area (Å²) in [6, 6.07) is 0. The van der Waals surface area contributed by atoms with Crippen LogP contribution in [0.15, 0.2) is 12.7 Å². The molecule has 1 aromatic heterocycles. The first kappa shape index (κ1) is 13.7. The first-order chi connectivity index (χ1) is 10.5. The zero-order chi connectivity index (χ0) is 15.4. The van der Waals surface area contributed by atoms with Gasteiger partial charge in [0.1, 0.15) is 18.3 Å². The number of carbonyl (C=O) groups is 2. The van der Waals surface area contributed by atoms with E-state index in [1.807, 2.05) is 0 Å². The maximum atomic E-state index is 12.9. The van der Waals surface area contributed by atoms with Gasteiger partial charge in [0.25, 0.3) is 0 Å². The van der Waals surface area contributed by atoms with Crippen LogP contribution in [0.4, 0.5) is 0 Å². The quantitative estimate of drug-likeness (QED) is 0.849. The van der Waals surface area contributed by atoms with Crippen molar-refractivity contribution in [2.75, 3.05) is 5.43 Å². The van der Waals surface area contributed by atoms with Crippen molar-refractivity contribution in [1.29, 1.82) is 0 Å². The van der Waals surface area contributed by atoms with Gasteiger partial charge in [-0.2, -0.15) is 0 Å². The molecule has 0 aromatic carbocycles. The van der Waals surface area contributed by atoms with E-state index in [1.165, 1.54) is 24.3 Å². The Kier molecular flexibility index (Phi) is 2.83. The third-order valence-electron chi connectivity index (χ3n) is 5.50. The molecule has 1 heterocycles. The first-order valence-electron chi connectivity index (χ1n) is 7.84. The summed E-state index contributed by atoms with van der Waals surface area (Å²) in [5, 5.41) is 7.41. The lowest BCUT2D eigenvalue weighted by molar-refractivity contribution is -0.200. The van der Waals surface area contributed by atoms with Crippen LogP contribution in [0.3, 0.4) is 0 Å². The van der Waals surface area contributed by atoms with Crippen LogP contribution < -0.4 is 5.43 Å². The summed E-state index contributed by atoms with van der Waals surface area (Å²) < 4.78 is 7.20. The summed E-state index contributed by atoms with van der Waals surface area (Å²) in [5.74, 6) is 0.716. The largest absolute Gasteiger partial charge is 0.459 e. The van der Waals surface area contributed by atoms with E-state index in [0.717, 1.165) is 32.1 Å². The Morgan fingerprint density at radius 2 is 1.82 bits per heavy atom. The molecular formula is C15H20N4O3. The number of aromatic nitrogens is 3. The van der Waals surface area contributed by atoms with Crippen LogP contribution >= 0.6 is 0 Å². The van der Waals surface area contributed by atoms with E-state index in [9.17, 15) is 9.59 Å². The van der Waals surface area contributed by atoms with E-state index >= 15 is 0 Å². The topological polar surface area (TPSA) is 86.1 Å². The molecule has 4 bridgehead atoms. The van der Waals surface area contributed by atoms with Gasteiger partial charge in [0.05, 0.1) is 5.41 Å². The van der Waals surface area contributed by atoms with Gasteiger partial charge in [0, 0.05) is 13.3 Å². The minimum Gasteiger partial charge on any atom is -0.459 e. The molecule has 4 fully saturated rings. The lowest BCUT2D eigenvalue weighted by atomic mass is 9.47. The summed E-state index contributed by atoms with van der Waals surface area (Å²) >= 11 is 0. The molecule has 0 spiro atoms. The number of rotatable bonds is 3. The summed E-state index contributed by atoms with van der Waals surface area (Å²) in [7, 11) is 0. The summed E-state index contributed by atoms with van der Waals surface area (Å²) in [5.41, 5.74) is 2.00. The Labute approximate surface area is 128 Å². The molecule has 4 saturated carbocycles. The van der Waals surface area contributed by atoms with Crippen LogP contribution in [0, 0.1) is 17.3 Å². The predicted molar refractivity (Wildman–Crippen MR) is 76.0 cm³/mol. The molecule has 5 rings (SSSR count). The number of esters is 1. The summed E-state index contributed by atoms with van der Waals surface area (Å²) in [6.45, 7) is 1.46. The maximum absolute atomic E-state index is 12.9. The Morgan fingerprint density at radius 1 is 1.18 bits per heavy atom. The Hall–Kier alpha value is -1.92. The molecular weight excluding hydrogens is 284 g/mol. The molecule has 0 unspecified atom stereocenters. The van der Waals surface area contributed by atoms with Crippen LogP contribution in [-0.4, -0.2) is 32.4 Å². The average molecular weight is 304 g/mol. The number of nitrogens with zero attached hydrogens (tertiary/aromatic N) is 3. The van der Waals surface area contributed by atoms with Gasteiger partial charge in [-0.3, -0.25) is 15.0 Å². The van der Waals surface area contributed by atoms with Gasteiger partial charge in [-0.15, -0.1) is 10.2 Å². The van der Waals surface area contributed by atoms with Gasteiger partial charge in [-0.25, -0.2) is 4.68 Å². The average Bonchev–Trinajstić information content (AvgIpc) is 2.88. The van der Waals surface area contributed by atoms with E-state index in [0.29, 0.717) is 18.3 Å². The minimum atomic E-state index is -0.430. The number of amides is 1.